The zero-order valence-corrected chi connectivity index (χ0v) is 31.7. The van der Waals surface area contributed by atoms with Crippen LogP contribution >= 0.6 is 0 Å². The maximum atomic E-state index is 8.75. The monoisotopic (exact) mass is 754 g/mol. The standard InChI is InChI=1S/C56H35N3/c1-3-13-36(14-4-1)42-26-29-51-50(33-42)55(44-24-23-38-17-7-8-18-39(38)31-44)58-56(57-51)48-28-30-52(46-22-12-11-21-45(46)48)59-53-35-43(37-15-5-2-6-16-37)25-27-47(53)49-32-40-19-9-10-20-41(40)34-54(49)59/h1-35H/i1D,3D,4D,13D,14D. The Hall–Kier alpha value is -7.88. The van der Waals surface area contributed by atoms with Crippen LogP contribution < -0.4 is 0 Å². The van der Waals surface area contributed by atoms with E-state index in [9.17, 15) is 0 Å². The van der Waals surface area contributed by atoms with Crippen LogP contribution in [-0.2, 0) is 0 Å². The molecule has 0 unspecified atom stereocenters. The van der Waals surface area contributed by atoms with Crippen molar-refractivity contribution in [3.8, 4) is 50.6 Å². The molecule has 3 nitrogen and oxygen atoms in total. The van der Waals surface area contributed by atoms with Gasteiger partial charge in [0.1, 0.15) is 0 Å². The van der Waals surface area contributed by atoms with Crippen LogP contribution in [0.1, 0.15) is 6.85 Å². The minimum Gasteiger partial charge on any atom is -0.309 e. The topological polar surface area (TPSA) is 30.7 Å². The average molecular weight is 755 g/mol. The van der Waals surface area contributed by atoms with Crippen molar-refractivity contribution in [3.05, 3.63) is 212 Å². The van der Waals surface area contributed by atoms with Crippen LogP contribution in [0.5, 0.6) is 0 Å². The maximum Gasteiger partial charge on any atom is 0.161 e. The van der Waals surface area contributed by atoms with Crippen molar-refractivity contribution in [2.75, 3.05) is 0 Å². The molecule has 0 aliphatic heterocycles. The number of aromatic nitrogens is 3. The van der Waals surface area contributed by atoms with E-state index in [1.54, 1.807) is 6.07 Å². The summed E-state index contributed by atoms with van der Waals surface area (Å²) < 4.78 is 44.8. The second-order valence-electron chi connectivity index (χ2n) is 15.0. The van der Waals surface area contributed by atoms with Crippen LogP contribution in [0.2, 0.25) is 0 Å². The van der Waals surface area contributed by atoms with Crippen molar-refractivity contribution in [1.82, 2.24) is 14.5 Å². The van der Waals surface area contributed by atoms with Gasteiger partial charge in [-0.25, -0.2) is 9.97 Å². The van der Waals surface area contributed by atoms with Crippen molar-refractivity contribution < 1.29 is 6.85 Å². The van der Waals surface area contributed by atoms with Gasteiger partial charge in [0.05, 0.1) is 34.8 Å². The van der Waals surface area contributed by atoms with E-state index in [-0.39, 0.29) is 29.7 Å². The number of fused-ring (bicyclic) bond motifs is 7. The molecule has 0 saturated heterocycles. The van der Waals surface area contributed by atoms with Gasteiger partial charge in [-0.05, 0) is 97.7 Å². The summed E-state index contributed by atoms with van der Waals surface area (Å²) in [5, 5.41) is 9.62. The van der Waals surface area contributed by atoms with Gasteiger partial charge in [0.2, 0.25) is 0 Å². The Labute approximate surface area is 348 Å². The number of rotatable bonds is 5. The van der Waals surface area contributed by atoms with E-state index >= 15 is 0 Å². The van der Waals surface area contributed by atoms with E-state index in [1.807, 2.05) is 30.3 Å². The van der Waals surface area contributed by atoms with E-state index in [0.717, 1.165) is 60.5 Å². The minimum absolute atomic E-state index is 0.136. The highest BCUT2D eigenvalue weighted by Crippen LogP contribution is 2.41. The van der Waals surface area contributed by atoms with E-state index in [0.29, 0.717) is 28.0 Å². The third-order valence-electron chi connectivity index (χ3n) is 11.6. The van der Waals surface area contributed by atoms with Crippen LogP contribution in [-0.4, -0.2) is 14.5 Å². The van der Waals surface area contributed by atoms with E-state index < -0.39 is 6.04 Å². The second kappa shape index (κ2) is 13.4. The van der Waals surface area contributed by atoms with E-state index in [2.05, 4.69) is 150 Å². The summed E-state index contributed by atoms with van der Waals surface area (Å²) >= 11 is 0. The van der Waals surface area contributed by atoms with Crippen molar-refractivity contribution in [3.63, 3.8) is 0 Å². The van der Waals surface area contributed by atoms with Gasteiger partial charge in [-0.15, -0.1) is 0 Å². The Morgan fingerprint density at radius 2 is 1.03 bits per heavy atom. The van der Waals surface area contributed by atoms with Gasteiger partial charge in [-0.3, -0.25) is 0 Å². The largest absolute Gasteiger partial charge is 0.309 e. The molecule has 274 valence electrons. The van der Waals surface area contributed by atoms with E-state index in [1.165, 1.54) is 21.5 Å². The first-order valence-corrected chi connectivity index (χ1v) is 19.7. The molecule has 0 saturated carbocycles. The first kappa shape index (κ1) is 28.5. The molecule has 10 aromatic carbocycles. The number of hydrogen-bond donors (Lipinski definition) is 0. The molecule has 0 amide bonds. The number of benzene rings is 10. The van der Waals surface area contributed by atoms with Crippen molar-refractivity contribution >= 4 is 65.0 Å². The SMILES string of the molecule is [2H]c1c([2H])c([2H])c(-c2ccc3nc(-c4ccc(-n5c6cc(-c7ccccc7)ccc6c6cc7ccccc7cc65)c5ccccc45)nc(-c4ccc5ccccc5c4)c3c2)c([2H])c1[2H]. The summed E-state index contributed by atoms with van der Waals surface area (Å²) in [4.78, 5) is 10.6. The molecule has 0 aliphatic rings. The maximum absolute atomic E-state index is 8.75. The first-order chi connectivity index (χ1) is 31.3. The van der Waals surface area contributed by atoms with Gasteiger partial charge in [0.15, 0.2) is 5.82 Å². The molecule has 0 fully saturated rings. The number of nitrogens with zero attached hydrogens (tertiary/aromatic N) is 3. The summed E-state index contributed by atoms with van der Waals surface area (Å²) in [5.41, 5.74) is 9.28. The molecule has 2 heterocycles. The van der Waals surface area contributed by atoms with Crippen molar-refractivity contribution in [2.24, 2.45) is 0 Å². The Kier molecular flexibility index (Phi) is 6.46. The third-order valence-corrected chi connectivity index (χ3v) is 11.6. The summed E-state index contributed by atoms with van der Waals surface area (Å²) in [6.07, 6.45) is 0. The molecule has 0 atom stereocenters. The smallest absolute Gasteiger partial charge is 0.161 e. The number of hydrogen-bond acceptors (Lipinski definition) is 2. The van der Waals surface area contributed by atoms with Gasteiger partial charge >= 0.3 is 0 Å². The molecule has 0 N–H and O–H groups in total. The lowest BCUT2D eigenvalue weighted by atomic mass is 9.97. The Balaban J connectivity index is 1.10. The van der Waals surface area contributed by atoms with Crippen LogP contribution in [0, 0.1) is 0 Å². The van der Waals surface area contributed by atoms with Crippen LogP contribution in [0.3, 0.4) is 0 Å². The third kappa shape index (κ3) is 5.51. The Bertz CT molecular complexity index is 3890. The summed E-state index contributed by atoms with van der Waals surface area (Å²) in [6, 6.07) is 61.4. The predicted octanol–water partition coefficient (Wildman–Crippen LogP) is 14.9. The zero-order chi connectivity index (χ0) is 43.2. The lowest BCUT2D eigenvalue weighted by Crippen LogP contribution is -1.99. The summed E-state index contributed by atoms with van der Waals surface area (Å²) in [6.45, 7) is 0. The average Bonchev–Trinajstić information content (AvgIpc) is 3.65. The molecule has 3 heteroatoms. The molecule has 12 aromatic rings. The summed E-state index contributed by atoms with van der Waals surface area (Å²) in [5.74, 6) is 0.550. The molecule has 0 radical (unpaired) electrons. The zero-order valence-electron chi connectivity index (χ0n) is 36.7. The predicted molar refractivity (Wildman–Crippen MR) is 248 cm³/mol. The lowest BCUT2D eigenvalue weighted by Gasteiger charge is -2.16. The highest BCUT2D eigenvalue weighted by Gasteiger charge is 2.20. The molecule has 59 heavy (non-hydrogen) atoms. The Morgan fingerprint density at radius 1 is 0.373 bits per heavy atom. The molecular formula is C56H35N3. The fourth-order valence-corrected chi connectivity index (χ4v) is 8.80. The lowest BCUT2D eigenvalue weighted by molar-refractivity contribution is 1.19. The van der Waals surface area contributed by atoms with Gasteiger partial charge in [-0.1, -0.05) is 164 Å². The minimum atomic E-state index is -0.425. The van der Waals surface area contributed by atoms with Gasteiger partial charge in [0, 0.05) is 32.7 Å². The van der Waals surface area contributed by atoms with Crippen LogP contribution in [0.15, 0.2) is 212 Å². The summed E-state index contributed by atoms with van der Waals surface area (Å²) in [7, 11) is 0. The fraction of sp³-hybridized carbons (Fsp3) is 0. The van der Waals surface area contributed by atoms with Crippen LogP contribution in [0.25, 0.3) is 116 Å². The van der Waals surface area contributed by atoms with Crippen molar-refractivity contribution in [2.45, 2.75) is 0 Å². The van der Waals surface area contributed by atoms with E-state index in [4.69, 9.17) is 16.8 Å². The normalized spacial score (nSPS) is 12.9. The van der Waals surface area contributed by atoms with Gasteiger partial charge in [0.25, 0.3) is 0 Å². The van der Waals surface area contributed by atoms with Gasteiger partial charge in [-0.2, -0.15) is 0 Å². The van der Waals surface area contributed by atoms with Crippen molar-refractivity contribution in [1.29, 1.82) is 0 Å². The van der Waals surface area contributed by atoms with Gasteiger partial charge < -0.3 is 4.57 Å². The highest BCUT2D eigenvalue weighted by atomic mass is 15.0. The molecule has 0 spiro atoms. The molecular weight excluding hydrogens is 715 g/mol. The molecule has 2 aromatic heterocycles. The first-order valence-electron chi connectivity index (χ1n) is 22.2. The molecule has 12 rings (SSSR count). The van der Waals surface area contributed by atoms with Crippen LogP contribution in [0.4, 0.5) is 0 Å². The fourth-order valence-electron chi connectivity index (χ4n) is 8.80. The highest BCUT2D eigenvalue weighted by molar-refractivity contribution is 6.16. The second-order valence-corrected chi connectivity index (χ2v) is 15.0. The molecule has 0 aliphatic carbocycles. The Morgan fingerprint density at radius 3 is 1.86 bits per heavy atom. The quantitative estimate of drug-likeness (QED) is 0.175. The molecule has 0 bridgehead atoms.